The average Bonchev–Trinajstić information content (AvgIpc) is 2.58. The predicted octanol–water partition coefficient (Wildman–Crippen LogP) is 5.27. The van der Waals surface area contributed by atoms with Gasteiger partial charge in [0.05, 0.1) is 12.2 Å². The molecule has 0 amide bonds. The van der Waals surface area contributed by atoms with E-state index < -0.39 is 0 Å². The highest BCUT2D eigenvalue weighted by atomic mass is 16.3. The van der Waals surface area contributed by atoms with Crippen LogP contribution in [0.3, 0.4) is 0 Å². The second-order valence-electron chi connectivity index (χ2n) is 10.3. The van der Waals surface area contributed by atoms with Gasteiger partial charge >= 0.3 is 0 Å². The van der Waals surface area contributed by atoms with Crippen molar-refractivity contribution >= 4 is 0 Å². The summed E-state index contributed by atoms with van der Waals surface area (Å²) in [4.78, 5) is 0. The van der Waals surface area contributed by atoms with Crippen LogP contribution >= 0.6 is 0 Å². The van der Waals surface area contributed by atoms with E-state index in [-0.39, 0.29) is 12.2 Å². The van der Waals surface area contributed by atoms with Gasteiger partial charge in [0.15, 0.2) is 0 Å². The molecule has 3 saturated carbocycles. The molecule has 25 heavy (non-hydrogen) atoms. The summed E-state index contributed by atoms with van der Waals surface area (Å²) in [5, 5.41) is 20.9. The van der Waals surface area contributed by atoms with Gasteiger partial charge in [-0.2, -0.15) is 0 Å². The molecule has 0 bridgehead atoms. The quantitative estimate of drug-likeness (QED) is 0.728. The van der Waals surface area contributed by atoms with Crippen LogP contribution in [-0.2, 0) is 0 Å². The first-order chi connectivity index (χ1) is 11.9. The van der Waals surface area contributed by atoms with Gasteiger partial charge in [-0.25, -0.2) is 0 Å². The van der Waals surface area contributed by atoms with E-state index in [1.807, 2.05) is 0 Å². The molecule has 2 heteroatoms. The zero-order valence-corrected chi connectivity index (χ0v) is 17.0. The molecule has 146 valence electrons. The van der Waals surface area contributed by atoms with Crippen molar-refractivity contribution in [3.8, 4) is 0 Å². The third-order valence-electron chi connectivity index (χ3n) is 8.31. The van der Waals surface area contributed by atoms with Gasteiger partial charge in [-0.15, -0.1) is 0 Å². The van der Waals surface area contributed by atoms with Crippen LogP contribution in [0, 0.1) is 47.3 Å². The number of hydrogen-bond donors (Lipinski definition) is 2. The van der Waals surface area contributed by atoms with Gasteiger partial charge in [0.25, 0.3) is 0 Å². The van der Waals surface area contributed by atoms with Gasteiger partial charge in [0, 0.05) is 0 Å². The molecule has 4 unspecified atom stereocenters. The van der Waals surface area contributed by atoms with E-state index in [2.05, 4.69) is 27.7 Å². The minimum atomic E-state index is -0.103. The van der Waals surface area contributed by atoms with Crippen molar-refractivity contribution in [1.82, 2.24) is 0 Å². The fourth-order valence-electron chi connectivity index (χ4n) is 7.08. The summed E-state index contributed by atoms with van der Waals surface area (Å²) in [6, 6.07) is 0. The van der Waals surface area contributed by atoms with Crippen molar-refractivity contribution in [2.45, 2.75) is 97.7 Å². The Morgan fingerprint density at radius 1 is 0.560 bits per heavy atom. The molecule has 0 heterocycles. The largest absolute Gasteiger partial charge is 0.393 e. The monoisotopic (exact) mass is 350 g/mol. The molecule has 0 radical (unpaired) electrons. The summed E-state index contributed by atoms with van der Waals surface area (Å²) in [6.07, 6.45) is 11.8. The third-order valence-corrected chi connectivity index (χ3v) is 8.31. The first-order valence-corrected chi connectivity index (χ1v) is 11.2. The molecule has 0 spiro atoms. The molecular formula is C23H42O2. The van der Waals surface area contributed by atoms with E-state index in [1.165, 1.54) is 57.8 Å². The first-order valence-electron chi connectivity index (χ1n) is 11.2. The predicted molar refractivity (Wildman–Crippen MR) is 104 cm³/mol. The molecule has 4 atom stereocenters. The van der Waals surface area contributed by atoms with E-state index in [1.54, 1.807) is 0 Å². The Labute approximate surface area is 155 Å². The molecule has 0 saturated heterocycles. The van der Waals surface area contributed by atoms with E-state index in [9.17, 15) is 10.2 Å². The number of aliphatic hydroxyl groups excluding tert-OH is 2. The molecule has 3 fully saturated rings. The second-order valence-corrected chi connectivity index (χ2v) is 10.3. The summed E-state index contributed by atoms with van der Waals surface area (Å²) >= 11 is 0. The van der Waals surface area contributed by atoms with Gasteiger partial charge in [-0.3, -0.25) is 0 Å². The fourth-order valence-corrected chi connectivity index (χ4v) is 7.08. The van der Waals surface area contributed by atoms with Crippen molar-refractivity contribution in [3.63, 3.8) is 0 Å². The minimum absolute atomic E-state index is 0.103. The van der Waals surface area contributed by atoms with Crippen molar-refractivity contribution in [3.05, 3.63) is 0 Å². The summed E-state index contributed by atoms with van der Waals surface area (Å²) in [6.45, 7) is 9.06. The topological polar surface area (TPSA) is 40.5 Å². The van der Waals surface area contributed by atoms with Crippen LogP contribution in [0.1, 0.15) is 85.5 Å². The average molecular weight is 351 g/mol. The molecule has 3 aliphatic carbocycles. The highest BCUT2D eigenvalue weighted by Gasteiger charge is 2.44. The fraction of sp³-hybridized carbons (Fsp3) is 1.00. The maximum absolute atomic E-state index is 10.5. The number of hydrogen-bond acceptors (Lipinski definition) is 2. The minimum Gasteiger partial charge on any atom is -0.393 e. The van der Waals surface area contributed by atoms with Crippen LogP contribution in [-0.4, -0.2) is 22.4 Å². The lowest BCUT2D eigenvalue weighted by Gasteiger charge is -2.49. The van der Waals surface area contributed by atoms with Crippen LogP contribution in [0.5, 0.6) is 0 Å². The van der Waals surface area contributed by atoms with E-state index in [0.29, 0.717) is 23.7 Å². The van der Waals surface area contributed by atoms with Gasteiger partial charge in [-0.05, 0) is 73.0 Å². The van der Waals surface area contributed by atoms with Crippen molar-refractivity contribution in [2.75, 3.05) is 0 Å². The van der Waals surface area contributed by atoms with Crippen molar-refractivity contribution in [2.24, 2.45) is 47.3 Å². The normalized spacial score (nSPS) is 48.2. The molecule has 3 aliphatic rings. The summed E-state index contributed by atoms with van der Waals surface area (Å²) in [5.41, 5.74) is 0. The molecule has 0 aromatic rings. The van der Waals surface area contributed by atoms with Gasteiger partial charge in [0.2, 0.25) is 0 Å². The zero-order chi connectivity index (χ0) is 18.1. The lowest BCUT2D eigenvalue weighted by atomic mass is 9.57. The Bertz CT molecular complexity index is 362. The highest BCUT2D eigenvalue weighted by molar-refractivity contribution is 4.94. The summed E-state index contributed by atoms with van der Waals surface area (Å²) in [5.74, 6) is 5.09. The lowest BCUT2D eigenvalue weighted by Crippen LogP contribution is -2.45. The smallest absolute Gasteiger partial charge is 0.0591 e. The van der Waals surface area contributed by atoms with Gasteiger partial charge in [0.1, 0.15) is 0 Å². The standard InChI is InChI=1S/C23H42O2/c1-14-10-19(11-15(2)22(14)24)21(18-8-6-5-7-9-18)20-12-16(3)23(25)17(4)13-20/h14-25H,5-13H2,1-4H3. The van der Waals surface area contributed by atoms with Crippen molar-refractivity contribution in [1.29, 1.82) is 0 Å². The molecule has 2 N–H and O–H groups in total. The van der Waals surface area contributed by atoms with Gasteiger partial charge in [-0.1, -0.05) is 59.8 Å². The Kier molecular flexibility index (Phi) is 6.53. The lowest BCUT2D eigenvalue weighted by molar-refractivity contribution is -0.0562. The summed E-state index contributed by atoms with van der Waals surface area (Å²) < 4.78 is 0. The van der Waals surface area contributed by atoms with E-state index in [0.717, 1.165) is 23.7 Å². The number of aliphatic hydroxyl groups is 2. The van der Waals surface area contributed by atoms with Crippen LogP contribution in [0.2, 0.25) is 0 Å². The Morgan fingerprint density at radius 2 is 0.920 bits per heavy atom. The molecule has 0 aliphatic heterocycles. The Balaban J connectivity index is 1.80. The molecule has 3 rings (SSSR count). The third kappa shape index (κ3) is 4.26. The van der Waals surface area contributed by atoms with Gasteiger partial charge < -0.3 is 10.2 Å². The number of rotatable bonds is 3. The Morgan fingerprint density at radius 3 is 1.28 bits per heavy atom. The zero-order valence-electron chi connectivity index (χ0n) is 17.0. The van der Waals surface area contributed by atoms with E-state index in [4.69, 9.17) is 0 Å². The van der Waals surface area contributed by atoms with Crippen LogP contribution in [0.25, 0.3) is 0 Å². The highest BCUT2D eigenvalue weighted by Crippen LogP contribution is 2.50. The Hall–Kier alpha value is -0.0800. The second kappa shape index (κ2) is 8.30. The van der Waals surface area contributed by atoms with Crippen LogP contribution in [0.15, 0.2) is 0 Å². The SMILES string of the molecule is CC1CC(C(C2CCCCC2)C2CC(C)C(O)C(C)C2)CC(C)C1O. The maximum Gasteiger partial charge on any atom is 0.0591 e. The molecule has 2 nitrogen and oxygen atoms in total. The van der Waals surface area contributed by atoms with Crippen LogP contribution < -0.4 is 0 Å². The maximum atomic E-state index is 10.5. The van der Waals surface area contributed by atoms with Crippen molar-refractivity contribution < 1.29 is 10.2 Å². The molecular weight excluding hydrogens is 308 g/mol. The van der Waals surface area contributed by atoms with Crippen LogP contribution in [0.4, 0.5) is 0 Å². The summed E-state index contributed by atoms with van der Waals surface area (Å²) in [7, 11) is 0. The molecule has 0 aromatic heterocycles. The first kappa shape index (κ1) is 19.7. The van der Waals surface area contributed by atoms with E-state index >= 15 is 0 Å². The molecule has 0 aromatic carbocycles.